The number of nitrogens with one attached hydrogen (secondary N) is 2. The number of H-pyrrole nitrogens is 1. The molecule has 3 aromatic carbocycles. The van der Waals surface area contributed by atoms with Crippen molar-refractivity contribution in [2.45, 2.75) is 24.9 Å². The number of hydrogen-bond acceptors (Lipinski definition) is 7. The van der Waals surface area contributed by atoms with Crippen LogP contribution in [0.2, 0.25) is 0 Å². The molecular formula is C35H33FN8O2. The second-order valence-electron chi connectivity index (χ2n) is 12.4. The molecule has 11 heteroatoms. The number of aromatic nitrogens is 4. The minimum atomic E-state index is -0.305. The van der Waals surface area contributed by atoms with Crippen molar-refractivity contribution in [3.63, 3.8) is 0 Å². The number of carbonyl (C=O) groups is 2. The summed E-state index contributed by atoms with van der Waals surface area (Å²) in [4.78, 5) is 41.8. The number of anilines is 2. The predicted molar refractivity (Wildman–Crippen MR) is 173 cm³/mol. The monoisotopic (exact) mass is 616 g/mol. The average molecular weight is 617 g/mol. The van der Waals surface area contributed by atoms with Crippen LogP contribution < -0.4 is 10.2 Å². The van der Waals surface area contributed by atoms with Crippen molar-refractivity contribution in [1.29, 1.82) is 0 Å². The molecule has 0 unspecified atom stereocenters. The molecule has 0 radical (unpaired) electrons. The lowest BCUT2D eigenvalue weighted by molar-refractivity contribution is -0.133. The average Bonchev–Trinajstić information content (AvgIpc) is 3.90. The van der Waals surface area contributed by atoms with Gasteiger partial charge in [-0.25, -0.2) is 14.4 Å². The van der Waals surface area contributed by atoms with Crippen molar-refractivity contribution in [3.05, 3.63) is 91.0 Å². The predicted octanol–water partition coefficient (Wildman–Crippen LogP) is 4.58. The van der Waals surface area contributed by atoms with Gasteiger partial charge in [0.05, 0.1) is 29.7 Å². The number of nitrogens with zero attached hydrogens (tertiary/aromatic N) is 6. The van der Waals surface area contributed by atoms with E-state index in [1.54, 1.807) is 24.5 Å². The first-order chi connectivity index (χ1) is 22.5. The molecule has 5 heterocycles. The fourth-order valence-electron chi connectivity index (χ4n) is 7.18. The Morgan fingerprint density at radius 2 is 1.70 bits per heavy atom. The van der Waals surface area contributed by atoms with Gasteiger partial charge in [0, 0.05) is 66.0 Å². The highest BCUT2D eigenvalue weighted by molar-refractivity contribution is 5.99. The van der Waals surface area contributed by atoms with Crippen LogP contribution in [0.3, 0.4) is 0 Å². The highest BCUT2D eigenvalue weighted by atomic mass is 19.1. The summed E-state index contributed by atoms with van der Waals surface area (Å²) in [5, 5.41) is 11.3. The molecule has 46 heavy (non-hydrogen) atoms. The van der Waals surface area contributed by atoms with E-state index in [4.69, 9.17) is 0 Å². The third-order valence-corrected chi connectivity index (χ3v) is 9.53. The Bertz CT molecular complexity index is 1900. The van der Waals surface area contributed by atoms with Crippen LogP contribution in [0.5, 0.6) is 0 Å². The van der Waals surface area contributed by atoms with Crippen LogP contribution in [0.15, 0.2) is 85.2 Å². The molecule has 8 rings (SSSR count). The molecule has 0 saturated carbocycles. The van der Waals surface area contributed by atoms with Crippen molar-refractivity contribution in [2.24, 2.45) is 5.92 Å². The zero-order valence-electron chi connectivity index (χ0n) is 25.1. The molecule has 2 amide bonds. The third kappa shape index (κ3) is 5.36. The maximum Gasteiger partial charge on any atom is 0.237 e. The molecule has 2 aromatic heterocycles. The zero-order valence-corrected chi connectivity index (χ0v) is 25.1. The van der Waals surface area contributed by atoms with E-state index in [9.17, 15) is 14.0 Å². The molecule has 2 N–H and O–H groups in total. The Morgan fingerprint density at radius 3 is 2.46 bits per heavy atom. The topological polar surface area (TPSA) is 110 Å². The van der Waals surface area contributed by atoms with Crippen molar-refractivity contribution < 1.29 is 14.0 Å². The summed E-state index contributed by atoms with van der Waals surface area (Å²) < 4.78 is 13.4. The lowest BCUT2D eigenvalue weighted by atomic mass is 10.1. The number of fused-ring (bicyclic) bond motifs is 3. The second kappa shape index (κ2) is 11.6. The molecule has 5 aromatic rings. The molecule has 0 spiro atoms. The summed E-state index contributed by atoms with van der Waals surface area (Å²) in [6.45, 7) is 3.15. The molecular weight excluding hydrogens is 583 g/mol. The summed E-state index contributed by atoms with van der Waals surface area (Å²) >= 11 is 0. The van der Waals surface area contributed by atoms with Crippen LogP contribution in [0.4, 0.5) is 15.8 Å². The van der Waals surface area contributed by atoms with Crippen LogP contribution in [-0.4, -0.2) is 86.6 Å². The van der Waals surface area contributed by atoms with E-state index in [1.165, 1.54) is 12.1 Å². The standard InChI is InChI=1S/C35H33FN8O2/c36-25-6-2-22(3-7-25)33-30-16-26(8-11-31(30)40-41-33)39-35(46)24-12-15-42(18-24)21-32(45)44-20-28-17-29(44)19-43(28)27-9-4-23(5-10-27)34-37-13-1-14-38-34/h1-11,13-14,16,24,28-29H,12,15,17-21H2,(H,39,46)(H,40,41)/t24-,28-,29-/m1/s1. The van der Waals surface area contributed by atoms with Gasteiger partial charge in [-0.15, -0.1) is 0 Å². The van der Waals surface area contributed by atoms with Gasteiger partial charge in [0.2, 0.25) is 11.8 Å². The van der Waals surface area contributed by atoms with Gasteiger partial charge in [-0.1, -0.05) is 0 Å². The number of aromatic amines is 1. The van der Waals surface area contributed by atoms with Gasteiger partial charge in [0.1, 0.15) is 5.82 Å². The number of rotatable bonds is 7. The Labute approximate surface area is 265 Å². The minimum Gasteiger partial charge on any atom is -0.365 e. The summed E-state index contributed by atoms with van der Waals surface area (Å²) in [5.41, 5.74) is 5.14. The largest absolute Gasteiger partial charge is 0.365 e. The van der Waals surface area contributed by atoms with Crippen LogP contribution >= 0.6 is 0 Å². The quantitative estimate of drug-likeness (QED) is 0.276. The van der Waals surface area contributed by atoms with Gasteiger partial charge in [-0.05, 0) is 92.2 Å². The van der Waals surface area contributed by atoms with Gasteiger partial charge in [0.15, 0.2) is 5.82 Å². The van der Waals surface area contributed by atoms with E-state index in [-0.39, 0.29) is 29.6 Å². The van der Waals surface area contributed by atoms with E-state index in [0.717, 1.165) is 47.2 Å². The molecule has 3 aliphatic rings. The third-order valence-electron chi connectivity index (χ3n) is 9.53. The molecule has 2 bridgehead atoms. The smallest absolute Gasteiger partial charge is 0.237 e. The number of benzene rings is 3. The van der Waals surface area contributed by atoms with Gasteiger partial charge in [0.25, 0.3) is 0 Å². The van der Waals surface area contributed by atoms with Gasteiger partial charge in [-0.2, -0.15) is 5.10 Å². The fraction of sp³-hybridized carbons (Fsp3) is 0.286. The zero-order chi connectivity index (χ0) is 31.2. The Balaban J connectivity index is 0.849. The maximum atomic E-state index is 13.4. The summed E-state index contributed by atoms with van der Waals surface area (Å²) in [7, 11) is 0. The van der Waals surface area contributed by atoms with E-state index in [1.807, 2.05) is 29.2 Å². The Hall–Kier alpha value is -5.16. The SMILES string of the molecule is O=C(Nc1ccc2[nH]nc(-c3ccc(F)cc3)c2c1)[C@@H]1CCN(CC(=O)N2C[C@H]3C[C@@H]2CN3c2ccc(-c3ncccn3)cc2)C1. The van der Waals surface area contributed by atoms with Crippen LogP contribution in [0.1, 0.15) is 12.8 Å². The summed E-state index contributed by atoms with van der Waals surface area (Å²) in [5.74, 6) is 0.300. The fourth-order valence-corrected chi connectivity index (χ4v) is 7.18. The maximum absolute atomic E-state index is 13.4. The van der Waals surface area contributed by atoms with Crippen molar-refractivity contribution >= 4 is 34.1 Å². The van der Waals surface area contributed by atoms with Crippen LogP contribution in [0.25, 0.3) is 33.5 Å². The first-order valence-corrected chi connectivity index (χ1v) is 15.7. The molecule has 0 aliphatic carbocycles. The van der Waals surface area contributed by atoms with Gasteiger partial charge < -0.3 is 15.1 Å². The van der Waals surface area contributed by atoms with Crippen molar-refractivity contribution in [2.75, 3.05) is 42.9 Å². The normalized spacial score (nSPS) is 20.9. The number of halogens is 1. The Kier molecular flexibility index (Phi) is 7.17. The van der Waals surface area contributed by atoms with Gasteiger partial charge in [-0.3, -0.25) is 19.6 Å². The number of amides is 2. The van der Waals surface area contributed by atoms with Crippen molar-refractivity contribution in [3.8, 4) is 22.6 Å². The first kappa shape index (κ1) is 28.3. The first-order valence-electron chi connectivity index (χ1n) is 15.7. The second-order valence-corrected chi connectivity index (χ2v) is 12.4. The molecule has 10 nitrogen and oxygen atoms in total. The molecule has 3 saturated heterocycles. The lowest BCUT2D eigenvalue weighted by Crippen LogP contribution is -2.51. The van der Waals surface area contributed by atoms with Crippen LogP contribution in [0, 0.1) is 11.7 Å². The lowest BCUT2D eigenvalue weighted by Gasteiger charge is -2.36. The number of likely N-dealkylation sites (tertiary alicyclic amines) is 2. The molecule has 3 fully saturated rings. The summed E-state index contributed by atoms with van der Waals surface area (Å²) in [6.07, 6.45) is 5.17. The van der Waals surface area contributed by atoms with E-state index < -0.39 is 0 Å². The Morgan fingerprint density at radius 1 is 0.913 bits per heavy atom. The number of piperazine rings is 1. The van der Waals surface area contributed by atoms with Crippen molar-refractivity contribution in [1.82, 2.24) is 30.0 Å². The van der Waals surface area contributed by atoms with Gasteiger partial charge >= 0.3 is 0 Å². The highest BCUT2D eigenvalue weighted by Crippen LogP contribution is 2.36. The van der Waals surface area contributed by atoms with E-state index in [2.05, 4.69) is 59.5 Å². The summed E-state index contributed by atoms with van der Waals surface area (Å²) in [6, 6.07) is 22.5. The molecule has 3 atom stereocenters. The van der Waals surface area contributed by atoms with Crippen LogP contribution in [-0.2, 0) is 9.59 Å². The van der Waals surface area contributed by atoms with E-state index >= 15 is 0 Å². The number of carbonyl (C=O) groups excluding carboxylic acids is 2. The number of hydrogen-bond donors (Lipinski definition) is 2. The minimum absolute atomic E-state index is 0.0538. The highest BCUT2D eigenvalue weighted by Gasteiger charge is 2.45. The molecule has 3 aliphatic heterocycles. The van der Waals surface area contributed by atoms with E-state index in [0.29, 0.717) is 49.3 Å². The molecule has 232 valence electrons.